The standard InChI is InChI=1S/C15H19N3O2S/c1-3-11-16-13-7-9-14(10-8-13)21(19,20)18(2)15-6-4-5-12-17-15/h4-10,12,16H,3,11H2,1-2H3. The quantitative estimate of drug-likeness (QED) is 0.891. The van der Waals surface area contributed by atoms with E-state index in [1.54, 1.807) is 48.7 Å². The minimum absolute atomic E-state index is 0.248. The summed E-state index contributed by atoms with van der Waals surface area (Å²) in [5.41, 5.74) is 0.913. The van der Waals surface area contributed by atoms with Crippen LogP contribution in [-0.2, 0) is 10.0 Å². The molecule has 0 aliphatic heterocycles. The highest BCUT2D eigenvalue weighted by atomic mass is 32.2. The van der Waals surface area contributed by atoms with Gasteiger partial charge >= 0.3 is 0 Å². The van der Waals surface area contributed by atoms with Gasteiger partial charge in [0.1, 0.15) is 5.82 Å². The van der Waals surface area contributed by atoms with E-state index >= 15 is 0 Å². The zero-order valence-corrected chi connectivity index (χ0v) is 13.0. The van der Waals surface area contributed by atoms with Crippen molar-refractivity contribution in [3.05, 3.63) is 48.7 Å². The van der Waals surface area contributed by atoms with Crippen molar-refractivity contribution in [3.63, 3.8) is 0 Å². The lowest BCUT2D eigenvalue weighted by Gasteiger charge is -2.18. The monoisotopic (exact) mass is 305 g/mol. The van der Waals surface area contributed by atoms with E-state index in [9.17, 15) is 8.42 Å². The maximum atomic E-state index is 12.5. The number of aromatic nitrogens is 1. The molecule has 0 saturated heterocycles. The first-order valence-electron chi connectivity index (χ1n) is 6.79. The first kappa shape index (κ1) is 15.3. The molecule has 1 aromatic carbocycles. The van der Waals surface area contributed by atoms with Gasteiger partial charge in [-0.15, -0.1) is 0 Å². The largest absolute Gasteiger partial charge is 0.385 e. The minimum Gasteiger partial charge on any atom is -0.385 e. The number of benzene rings is 1. The Hall–Kier alpha value is -2.08. The van der Waals surface area contributed by atoms with Gasteiger partial charge in [0, 0.05) is 25.5 Å². The summed E-state index contributed by atoms with van der Waals surface area (Å²) in [5, 5.41) is 3.21. The van der Waals surface area contributed by atoms with Crippen LogP contribution in [0.1, 0.15) is 13.3 Å². The molecule has 0 saturated carbocycles. The molecule has 1 heterocycles. The summed E-state index contributed by atoms with van der Waals surface area (Å²) < 4.78 is 26.2. The van der Waals surface area contributed by atoms with Crippen molar-refractivity contribution in [3.8, 4) is 0 Å². The third-order valence-corrected chi connectivity index (χ3v) is 4.84. The van der Waals surface area contributed by atoms with E-state index in [1.807, 2.05) is 0 Å². The average Bonchev–Trinajstić information content (AvgIpc) is 2.53. The van der Waals surface area contributed by atoms with Gasteiger partial charge in [-0.2, -0.15) is 0 Å². The lowest BCUT2D eigenvalue weighted by molar-refractivity contribution is 0.594. The molecule has 21 heavy (non-hydrogen) atoms. The van der Waals surface area contributed by atoms with Crippen molar-refractivity contribution < 1.29 is 8.42 Å². The fraction of sp³-hybridized carbons (Fsp3) is 0.267. The Balaban J connectivity index is 2.23. The molecule has 0 unspecified atom stereocenters. The summed E-state index contributed by atoms with van der Waals surface area (Å²) in [6.07, 6.45) is 2.58. The molecule has 5 nitrogen and oxygen atoms in total. The van der Waals surface area contributed by atoms with Gasteiger partial charge in [0.25, 0.3) is 10.0 Å². The molecule has 1 N–H and O–H groups in total. The van der Waals surface area contributed by atoms with Crippen molar-refractivity contribution in [2.24, 2.45) is 0 Å². The van der Waals surface area contributed by atoms with Crippen LogP contribution in [0.4, 0.5) is 11.5 Å². The topological polar surface area (TPSA) is 62.3 Å². The summed E-state index contributed by atoms with van der Waals surface area (Å²) in [6.45, 7) is 2.94. The van der Waals surface area contributed by atoms with Gasteiger partial charge in [-0.1, -0.05) is 13.0 Å². The second-order valence-electron chi connectivity index (χ2n) is 4.61. The Morgan fingerprint density at radius 2 is 1.86 bits per heavy atom. The van der Waals surface area contributed by atoms with E-state index in [1.165, 1.54) is 11.4 Å². The van der Waals surface area contributed by atoms with E-state index in [0.29, 0.717) is 5.82 Å². The van der Waals surface area contributed by atoms with E-state index < -0.39 is 10.0 Å². The van der Waals surface area contributed by atoms with Crippen molar-refractivity contribution in [1.29, 1.82) is 0 Å². The molecule has 112 valence electrons. The Morgan fingerprint density at radius 3 is 2.43 bits per heavy atom. The Labute approximate surface area is 125 Å². The Morgan fingerprint density at radius 1 is 1.14 bits per heavy atom. The van der Waals surface area contributed by atoms with Gasteiger partial charge in [0.05, 0.1) is 4.90 Å². The van der Waals surface area contributed by atoms with E-state index in [-0.39, 0.29) is 4.90 Å². The van der Waals surface area contributed by atoms with Gasteiger partial charge in [0.15, 0.2) is 0 Å². The number of hydrogen-bond donors (Lipinski definition) is 1. The molecule has 0 aliphatic carbocycles. The fourth-order valence-electron chi connectivity index (χ4n) is 1.84. The number of nitrogens with one attached hydrogen (secondary N) is 1. The molecule has 0 aliphatic rings. The third kappa shape index (κ3) is 3.52. The van der Waals surface area contributed by atoms with Crippen LogP contribution >= 0.6 is 0 Å². The second-order valence-corrected chi connectivity index (χ2v) is 6.58. The molecule has 2 rings (SSSR count). The van der Waals surface area contributed by atoms with Gasteiger partial charge in [0.2, 0.25) is 0 Å². The van der Waals surface area contributed by atoms with Gasteiger partial charge in [-0.25, -0.2) is 13.4 Å². The summed E-state index contributed by atoms with van der Waals surface area (Å²) >= 11 is 0. The molecule has 0 bridgehead atoms. The van der Waals surface area contributed by atoms with E-state index in [4.69, 9.17) is 0 Å². The highest BCUT2D eigenvalue weighted by Crippen LogP contribution is 2.21. The molecule has 0 spiro atoms. The number of rotatable bonds is 6. The molecular formula is C15H19N3O2S. The smallest absolute Gasteiger partial charge is 0.265 e. The van der Waals surface area contributed by atoms with Crippen LogP contribution in [0, 0.1) is 0 Å². The SMILES string of the molecule is CCCNc1ccc(S(=O)(=O)N(C)c2ccccn2)cc1. The molecule has 0 atom stereocenters. The lowest BCUT2D eigenvalue weighted by atomic mass is 10.3. The van der Waals surface area contributed by atoms with Crippen LogP contribution in [0.5, 0.6) is 0 Å². The van der Waals surface area contributed by atoms with Crippen molar-refractivity contribution in [1.82, 2.24) is 4.98 Å². The molecule has 2 aromatic rings. The second kappa shape index (κ2) is 6.58. The number of sulfonamides is 1. The molecular weight excluding hydrogens is 286 g/mol. The first-order chi connectivity index (χ1) is 10.1. The highest BCUT2D eigenvalue weighted by molar-refractivity contribution is 7.92. The number of pyridine rings is 1. The van der Waals surface area contributed by atoms with Crippen LogP contribution in [-0.4, -0.2) is 27.0 Å². The summed E-state index contributed by atoms with van der Waals surface area (Å²) in [4.78, 5) is 4.31. The van der Waals surface area contributed by atoms with Crippen molar-refractivity contribution >= 4 is 21.5 Å². The maximum absolute atomic E-state index is 12.5. The third-order valence-electron chi connectivity index (χ3n) is 3.06. The Bertz CT molecular complexity index is 670. The van der Waals surface area contributed by atoms with Gasteiger partial charge < -0.3 is 5.32 Å². The van der Waals surface area contributed by atoms with Crippen LogP contribution in [0.3, 0.4) is 0 Å². The average molecular weight is 305 g/mol. The molecule has 0 fully saturated rings. The van der Waals surface area contributed by atoms with Crippen molar-refractivity contribution in [2.75, 3.05) is 23.2 Å². The number of hydrogen-bond acceptors (Lipinski definition) is 4. The number of nitrogens with zero attached hydrogens (tertiary/aromatic N) is 2. The molecule has 0 amide bonds. The predicted molar refractivity (Wildman–Crippen MR) is 85.0 cm³/mol. The first-order valence-corrected chi connectivity index (χ1v) is 8.23. The fourth-order valence-corrected chi connectivity index (χ4v) is 2.99. The van der Waals surface area contributed by atoms with E-state index in [0.717, 1.165) is 18.7 Å². The summed E-state index contributed by atoms with van der Waals surface area (Å²) in [7, 11) is -2.09. The summed E-state index contributed by atoms with van der Waals surface area (Å²) in [6, 6.07) is 11.9. The van der Waals surface area contributed by atoms with Crippen molar-refractivity contribution in [2.45, 2.75) is 18.2 Å². The van der Waals surface area contributed by atoms with Crippen LogP contribution < -0.4 is 9.62 Å². The minimum atomic E-state index is -3.59. The van der Waals surface area contributed by atoms with Crippen LogP contribution in [0.25, 0.3) is 0 Å². The Kier molecular flexibility index (Phi) is 4.80. The normalized spacial score (nSPS) is 11.1. The summed E-state index contributed by atoms with van der Waals surface area (Å²) in [5.74, 6) is 0.394. The maximum Gasteiger partial charge on any atom is 0.265 e. The van der Waals surface area contributed by atoms with Gasteiger partial charge in [-0.3, -0.25) is 4.31 Å². The lowest BCUT2D eigenvalue weighted by Crippen LogP contribution is -2.27. The van der Waals surface area contributed by atoms with E-state index in [2.05, 4.69) is 17.2 Å². The molecule has 6 heteroatoms. The molecule has 1 aromatic heterocycles. The zero-order valence-electron chi connectivity index (χ0n) is 12.2. The zero-order chi connectivity index (χ0) is 15.3. The molecule has 0 radical (unpaired) electrons. The van der Waals surface area contributed by atoms with Crippen LogP contribution in [0.15, 0.2) is 53.6 Å². The van der Waals surface area contributed by atoms with Gasteiger partial charge in [-0.05, 0) is 42.8 Å². The highest BCUT2D eigenvalue weighted by Gasteiger charge is 2.21. The number of anilines is 2. The predicted octanol–water partition coefficient (Wildman–Crippen LogP) is 2.73. The van der Waals surface area contributed by atoms with Crippen LogP contribution in [0.2, 0.25) is 0 Å².